The summed E-state index contributed by atoms with van der Waals surface area (Å²) in [6.45, 7) is 3.01. The van der Waals surface area contributed by atoms with Gasteiger partial charge in [0, 0.05) is 13.3 Å². The Bertz CT molecular complexity index is 457. The van der Waals surface area contributed by atoms with Crippen LogP contribution in [-0.4, -0.2) is 63.2 Å². The van der Waals surface area contributed by atoms with Crippen LogP contribution in [0.15, 0.2) is 0 Å². The van der Waals surface area contributed by atoms with E-state index < -0.39 is 42.8 Å². The van der Waals surface area contributed by atoms with Gasteiger partial charge in [0.1, 0.15) is 24.4 Å². The average Bonchev–Trinajstić information content (AvgIpc) is 2.72. The molecule has 0 saturated carbocycles. The molecule has 0 radical (unpaired) electrons. The summed E-state index contributed by atoms with van der Waals surface area (Å²) >= 11 is 0. The molecule has 7 nitrogen and oxygen atoms in total. The van der Waals surface area contributed by atoms with Crippen LogP contribution in [0.2, 0.25) is 0 Å². The van der Waals surface area contributed by atoms with Gasteiger partial charge in [-0.1, -0.05) is 84.0 Å². The van der Waals surface area contributed by atoms with Crippen molar-refractivity contribution in [3.05, 3.63) is 0 Å². The molecule has 0 aromatic carbocycles. The minimum atomic E-state index is -1.79. The van der Waals surface area contributed by atoms with E-state index in [0.717, 1.165) is 12.8 Å². The summed E-state index contributed by atoms with van der Waals surface area (Å²) in [7, 11) is 0. The number of ether oxygens (including phenoxy) is 2. The topological polar surface area (TPSA) is 116 Å². The molecule has 0 aromatic rings. The van der Waals surface area contributed by atoms with Crippen LogP contribution in [0, 0.1) is 0 Å². The number of aliphatic hydroxyl groups excluding tert-OH is 4. The van der Waals surface area contributed by atoms with Gasteiger partial charge in [-0.15, -0.1) is 0 Å². The van der Waals surface area contributed by atoms with Crippen LogP contribution < -0.4 is 0 Å². The van der Waals surface area contributed by atoms with Crippen molar-refractivity contribution >= 4 is 5.97 Å². The highest BCUT2D eigenvalue weighted by Crippen LogP contribution is 2.31. The third-order valence-corrected chi connectivity index (χ3v) is 5.96. The fraction of sp³-hybridized carbons (Fsp3) is 0.957. The van der Waals surface area contributed by atoms with Gasteiger partial charge >= 0.3 is 5.97 Å². The van der Waals surface area contributed by atoms with E-state index in [9.17, 15) is 25.2 Å². The smallest absolute Gasteiger partial charge is 0.308 e. The number of unbranched alkanes of at least 4 members (excludes halogenated alkanes) is 12. The maximum Gasteiger partial charge on any atom is 0.308 e. The summed E-state index contributed by atoms with van der Waals surface area (Å²) < 4.78 is 10.6. The molecule has 0 aromatic heterocycles. The van der Waals surface area contributed by atoms with Crippen molar-refractivity contribution in [2.45, 2.75) is 134 Å². The molecule has 1 rings (SSSR count). The van der Waals surface area contributed by atoms with E-state index in [4.69, 9.17) is 9.47 Å². The molecule has 7 heteroatoms. The summed E-state index contributed by atoms with van der Waals surface area (Å²) in [5.74, 6) is -2.32. The first-order chi connectivity index (χ1) is 14.4. The number of carbonyl (C=O) groups excluding carboxylic acids is 1. The maximum atomic E-state index is 12.1. The Balaban J connectivity index is 2.09. The molecule has 30 heavy (non-hydrogen) atoms. The first kappa shape index (κ1) is 27.3. The van der Waals surface area contributed by atoms with Crippen molar-refractivity contribution in [2.24, 2.45) is 0 Å². The van der Waals surface area contributed by atoms with Crippen molar-refractivity contribution in [3.63, 3.8) is 0 Å². The minimum absolute atomic E-state index is 0.200. The Morgan fingerprint density at radius 2 is 1.30 bits per heavy atom. The minimum Gasteiger partial charge on any atom is -0.430 e. The van der Waals surface area contributed by atoms with E-state index in [1.165, 1.54) is 71.1 Å². The second kappa shape index (κ2) is 15.1. The monoisotopic (exact) mass is 432 g/mol. The molecule has 4 N–H and O–H groups in total. The van der Waals surface area contributed by atoms with E-state index >= 15 is 0 Å². The van der Waals surface area contributed by atoms with Gasteiger partial charge in [-0.3, -0.25) is 4.79 Å². The summed E-state index contributed by atoms with van der Waals surface area (Å²) in [4.78, 5) is 12.1. The fourth-order valence-electron chi connectivity index (χ4n) is 3.95. The van der Waals surface area contributed by atoms with E-state index in [2.05, 4.69) is 6.92 Å². The Morgan fingerprint density at radius 3 is 1.77 bits per heavy atom. The average molecular weight is 433 g/mol. The van der Waals surface area contributed by atoms with Gasteiger partial charge in [0.05, 0.1) is 6.61 Å². The molecule has 1 unspecified atom stereocenters. The van der Waals surface area contributed by atoms with Crippen LogP contribution in [0.25, 0.3) is 0 Å². The molecule has 1 aliphatic heterocycles. The third kappa shape index (κ3) is 9.60. The highest BCUT2D eigenvalue weighted by atomic mass is 16.7. The molecule has 0 spiro atoms. The van der Waals surface area contributed by atoms with Crippen LogP contribution >= 0.6 is 0 Å². The van der Waals surface area contributed by atoms with Gasteiger partial charge in [0.25, 0.3) is 0 Å². The molecule has 1 saturated heterocycles. The molecule has 1 fully saturated rings. The van der Waals surface area contributed by atoms with E-state index in [0.29, 0.717) is 6.42 Å². The Morgan fingerprint density at radius 1 is 0.833 bits per heavy atom. The number of aliphatic hydroxyl groups is 4. The zero-order valence-corrected chi connectivity index (χ0v) is 18.9. The van der Waals surface area contributed by atoms with Crippen LogP contribution in [0.1, 0.15) is 104 Å². The fourth-order valence-corrected chi connectivity index (χ4v) is 3.95. The number of hydrogen-bond donors (Lipinski definition) is 4. The zero-order chi connectivity index (χ0) is 22.4. The molecular formula is C23H44O7. The van der Waals surface area contributed by atoms with Gasteiger partial charge in [-0.05, 0) is 6.42 Å². The first-order valence-electron chi connectivity index (χ1n) is 11.9. The Kier molecular flexibility index (Phi) is 13.8. The van der Waals surface area contributed by atoms with E-state index in [-0.39, 0.29) is 6.42 Å². The lowest BCUT2D eigenvalue weighted by Gasteiger charge is -2.45. The lowest BCUT2D eigenvalue weighted by atomic mass is 9.93. The van der Waals surface area contributed by atoms with Gasteiger partial charge in [-0.2, -0.15) is 0 Å². The lowest BCUT2D eigenvalue weighted by Crippen LogP contribution is -2.65. The Labute approximate surface area is 181 Å². The highest BCUT2D eigenvalue weighted by Gasteiger charge is 2.53. The van der Waals surface area contributed by atoms with Crippen molar-refractivity contribution in [3.8, 4) is 0 Å². The molecule has 5 atom stereocenters. The summed E-state index contributed by atoms with van der Waals surface area (Å²) in [5, 5.41) is 39.1. The first-order valence-corrected chi connectivity index (χ1v) is 11.9. The highest BCUT2D eigenvalue weighted by molar-refractivity contribution is 5.69. The van der Waals surface area contributed by atoms with E-state index in [1.807, 2.05) is 0 Å². The number of rotatable bonds is 16. The second-order valence-corrected chi connectivity index (χ2v) is 8.75. The van der Waals surface area contributed by atoms with Crippen LogP contribution in [0.3, 0.4) is 0 Å². The predicted octanol–water partition coefficient (Wildman–Crippen LogP) is 3.20. The second-order valence-electron chi connectivity index (χ2n) is 8.75. The lowest BCUT2D eigenvalue weighted by molar-refractivity contribution is -0.344. The van der Waals surface area contributed by atoms with Gasteiger partial charge in [0.2, 0.25) is 5.79 Å². The van der Waals surface area contributed by atoms with Gasteiger partial charge in [0.15, 0.2) is 0 Å². The van der Waals surface area contributed by atoms with Gasteiger partial charge < -0.3 is 29.9 Å². The van der Waals surface area contributed by atoms with Gasteiger partial charge in [-0.25, -0.2) is 0 Å². The molecule has 1 heterocycles. The normalized spacial score (nSPS) is 29.1. The molecule has 0 bridgehead atoms. The Hall–Kier alpha value is -0.730. The quantitative estimate of drug-likeness (QED) is 0.219. The molecular weight excluding hydrogens is 388 g/mol. The van der Waals surface area contributed by atoms with Crippen LogP contribution in [0.4, 0.5) is 0 Å². The molecule has 1 aliphatic rings. The largest absolute Gasteiger partial charge is 0.430 e. The van der Waals surface area contributed by atoms with Crippen LogP contribution in [0.5, 0.6) is 0 Å². The van der Waals surface area contributed by atoms with Crippen molar-refractivity contribution in [2.75, 3.05) is 6.61 Å². The number of esters is 1. The van der Waals surface area contributed by atoms with E-state index in [1.54, 1.807) is 0 Å². The van der Waals surface area contributed by atoms with Crippen molar-refractivity contribution in [1.82, 2.24) is 0 Å². The third-order valence-electron chi connectivity index (χ3n) is 5.96. The zero-order valence-electron chi connectivity index (χ0n) is 18.9. The standard InChI is InChI=1S/C23H44O7/c1-3-4-5-6-7-8-9-10-11-12-13-14-15-16-19(25)30-23(2)22(28)21(27)20(26)18(17-24)29-23/h18,20-22,24,26-28H,3-17H2,1-2H3/t18-,20-,21+,22-,23?/m1/s1. The van der Waals surface area contributed by atoms with Crippen molar-refractivity contribution in [1.29, 1.82) is 0 Å². The SMILES string of the molecule is CCCCCCCCCCCCCCCC(=O)OC1(C)O[C@H](CO)[C@@H](O)[C@H](O)[C@H]1O. The summed E-state index contributed by atoms with van der Waals surface area (Å²) in [6.07, 6.45) is 10.3. The number of carbonyl (C=O) groups is 1. The predicted molar refractivity (Wildman–Crippen MR) is 115 cm³/mol. The van der Waals surface area contributed by atoms with Crippen molar-refractivity contribution < 1.29 is 34.7 Å². The molecule has 178 valence electrons. The summed E-state index contributed by atoms with van der Waals surface area (Å²) in [6, 6.07) is 0. The van der Waals surface area contributed by atoms with Crippen LogP contribution in [-0.2, 0) is 14.3 Å². The summed E-state index contributed by atoms with van der Waals surface area (Å²) in [5.41, 5.74) is 0. The molecule has 0 aliphatic carbocycles. The number of hydrogen-bond acceptors (Lipinski definition) is 7. The molecule has 0 amide bonds. The maximum absolute atomic E-state index is 12.1.